The lowest BCUT2D eigenvalue weighted by molar-refractivity contribution is -0.126. The summed E-state index contributed by atoms with van der Waals surface area (Å²) in [6, 6.07) is 3.64. The smallest absolute Gasteiger partial charge is 0.319 e. The molecule has 38 heavy (non-hydrogen) atoms. The second kappa shape index (κ2) is 10.1. The molecule has 9 heteroatoms. The molecule has 4 bridgehead atoms. The molecular formula is C29H41FN4O4. The van der Waals surface area contributed by atoms with Gasteiger partial charge in [-0.3, -0.25) is 9.59 Å². The highest BCUT2D eigenvalue weighted by atomic mass is 19.1. The molecule has 0 saturated heterocycles. The van der Waals surface area contributed by atoms with Crippen molar-refractivity contribution in [2.45, 2.75) is 89.6 Å². The highest BCUT2D eigenvalue weighted by Crippen LogP contribution is 2.66. The highest BCUT2D eigenvalue weighted by molar-refractivity contribution is 5.96. The van der Waals surface area contributed by atoms with E-state index in [9.17, 15) is 18.8 Å². The van der Waals surface area contributed by atoms with Crippen LogP contribution < -0.4 is 21.3 Å². The van der Waals surface area contributed by atoms with Gasteiger partial charge in [-0.25, -0.2) is 9.18 Å². The molecule has 5 N–H and O–H groups in total. The van der Waals surface area contributed by atoms with E-state index in [2.05, 4.69) is 35.1 Å². The molecule has 2 unspecified atom stereocenters. The molecule has 6 rings (SSSR count). The van der Waals surface area contributed by atoms with Crippen LogP contribution in [0.4, 0.5) is 14.9 Å². The normalized spacial score (nSPS) is 35.4. The molecule has 1 aromatic carbocycles. The minimum Gasteiger partial charge on any atom is -0.395 e. The molecule has 208 valence electrons. The zero-order valence-electron chi connectivity index (χ0n) is 22.5. The Morgan fingerprint density at radius 3 is 2.29 bits per heavy atom. The Balaban J connectivity index is 1.14. The topological polar surface area (TPSA) is 120 Å². The number of carbonyl (C=O) groups is 3. The maximum Gasteiger partial charge on any atom is 0.319 e. The maximum atomic E-state index is 14.9. The van der Waals surface area contributed by atoms with Gasteiger partial charge in [0.05, 0.1) is 12.3 Å². The largest absolute Gasteiger partial charge is 0.395 e. The summed E-state index contributed by atoms with van der Waals surface area (Å²) in [5, 5.41) is 20.4. The Morgan fingerprint density at radius 2 is 1.68 bits per heavy atom. The molecule has 0 heterocycles. The standard InChI is InChI=1S/C29H41FN4O4/c1-27-12-18-13-28(2,15-27)17-29(14-18,16-27)34-26(38)33-23-8-5-20(11-22(23)30)25(37)32-21-6-3-19(4-7-21)24(36)31-9-10-35/h5,8,11,18-19,21,35H,3-4,6-7,9-10,12-17H2,1-2H3,(H,31,36)(H,32,37)(H2,33,34,38). The van der Waals surface area contributed by atoms with Gasteiger partial charge in [0, 0.05) is 29.6 Å². The molecule has 0 aromatic heterocycles. The number of urea groups is 1. The van der Waals surface area contributed by atoms with Gasteiger partial charge in [0.2, 0.25) is 5.91 Å². The summed E-state index contributed by atoms with van der Waals surface area (Å²) in [7, 11) is 0. The molecule has 8 nitrogen and oxygen atoms in total. The molecule has 2 atom stereocenters. The Hall–Kier alpha value is -2.68. The van der Waals surface area contributed by atoms with Crippen LogP contribution in [0.15, 0.2) is 18.2 Å². The number of halogens is 1. The first kappa shape index (κ1) is 26.9. The number of hydrogen-bond donors (Lipinski definition) is 5. The average Bonchev–Trinajstić information content (AvgIpc) is 2.81. The lowest BCUT2D eigenvalue weighted by Gasteiger charge is -2.65. The van der Waals surface area contributed by atoms with Crippen LogP contribution in [0.3, 0.4) is 0 Å². The van der Waals surface area contributed by atoms with Crippen LogP contribution in [0, 0.1) is 28.5 Å². The number of nitrogens with one attached hydrogen (secondary N) is 4. The minimum atomic E-state index is -0.651. The van der Waals surface area contributed by atoms with E-state index < -0.39 is 11.8 Å². The van der Waals surface area contributed by atoms with E-state index in [0.717, 1.165) is 25.3 Å². The molecule has 0 radical (unpaired) electrons. The van der Waals surface area contributed by atoms with E-state index in [0.29, 0.717) is 31.6 Å². The van der Waals surface area contributed by atoms with E-state index in [1.165, 1.54) is 31.4 Å². The summed E-state index contributed by atoms with van der Waals surface area (Å²) in [6.45, 7) is 4.84. The van der Waals surface area contributed by atoms with Crippen LogP contribution in [-0.2, 0) is 4.79 Å². The van der Waals surface area contributed by atoms with Crippen LogP contribution >= 0.6 is 0 Å². The second-order valence-corrected chi connectivity index (χ2v) is 13.2. The highest BCUT2D eigenvalue weighted by Gasteiger charge is 2.60. The first-order chi connectivity index (χ1) is 18.0. The number of aliphatic hydroxyl groups excluding tert-OH is 1. The molecule has 0 spiro atoms. The monoisotopic (exact) mass is 528 g/mol. The van der Waals surface area contributed by atoms with Crippen molar-refractivity contribution < 1.29 is 23.9 Å². The lowest BCUT2D eigenvalue weighted by Crippen LogP contribution is -2.65. The van der Waals surface area contributed by atoms with Crippen LogP contribution in [0.2, 0.25) is 0 Å². The maximum absolute atomic E-state index is 14.9. The number of amides is 4. The van der Waals surface area contributed by atoms with Crippen molar-refractivity contribution >= 4 is 23.5 Å². The zero-order valence-corrected chi connectivity index (χ0v) is 22.5. The SMILES string of the molecule is CC12CC3CC(C)(C1)CC(NC(=O)Nc1ccc(C(=O)NC4CCC(C(=O)NCCO)CC4)cc1F)(C3)C2. The van der Waals surface area contributed by atoms with Gasteiger partial charge >= 0.3 is 6.03 Å². The Kier molecular flexibility index (Phi) is 7.18. The molecule has 5 aliphatic rings. The van der Waals surface area contributed by atoms with Gasteiger partial charge in [-0.1, -0.05) is 13.8 Å². The third kappa shape index (κ3) is 5.67. The van der Waals surface area contributed by atoms with Gasteiger partial charge in [-0.05, 0) is 99.2 Å². The second-order valence-electron chi connectivity index (χ2n) is 13.2. The van der Waals surface area contributed by atoms with E-state index in [1.807, 2.05) is 0 Å². The summed E-state index contributed by atoms with van der Waals surface area (Å²) in [4.78, 5) is 37.8. The third-order valence-corrected chi connectivity index (χ3v) is 9.33. The summed E-state index contributed by atoms with van der Waals surface area (Å²) in [5.41, 5.74) is 0.524. The quantitative estimate of drug-likeness (QED) is 0.366. The van der Waals surface area contributed by atoms with Crippen molar-refractivity contribution in [3.8, 4) is 0 Å². The van der Waals surface area contributed by atoms with Crippen molar-refractivity contribution in [3.63, 3.8) is 0 Å². The average molecular weight is 529 g/mol. The molecule has 5 aliphatic carbocycles. The number of carbonyl (C=O) groups excluding carboxylic acids is 3. The number of benzene rings is 1. The van der Waals surface area contributed by atoms with Crippen LogP contribution in [0.1, 0.15) is 88.4 Å². The van der Waals surface area contributed by atoms with Crippen molar-refractivity contribution in [3.05, 3.63) is 29.6 Å². The number of hydrogen-bond acceptors (Lipinski definition) is 4. The molecule has 4 amide bonds. The molecule has 1 aromatic rings. The van der Waals surface area contributed by atoms with Crippen molar-refractivity contribution in [1.29, 1.82) is 0 Å². The van der Waals surface area contributed by atoms with Gasteiger partial charge in [0.1, 0.15) is 5.82 Å². The number of anilines is 1. The van der Waals surface area contributed by atoms with Gasteiger partial charge < -0.3 is 26.4 Å². The van der Waals surface area contributed by atoms with E-state index >= 15 is 0 Å². The molecule has 0 aliphatic heterocycles. The summed E-state index contributed by atoms with van der Waals surface area (Å²) in [6.07, 6.45) is 9.21. The first-order valence-corrected chi connectivity index (χ1v) is 14.1. The summed E-state index contributed by atoms with van der Waals surface area (Å²) < 4.78 is 14.9. The van der Waals surface area contributed by atoms with Crippen molar-refractivity contribution in [2.24, 2.45) is 22.7 Å². The summed E-state index contributed by atoms with van der Waals surface area (Å²) >= 11 is 0. The number of rotatable bonds is 7. The van der Waals surface area contributed by atoms with Crippen LogP contribution in [0.25, 0.3) is 0 Å². The van der Waals surface area contributed by atoms with Gasteiger partial charge in [0.15, 0.2) is 0 Å². The molecular weight excluding hydrogens is 487 g/mol. The summed E-state index contributed by atoms with van der Waals surface area (Å²) in [5.74, 6) is -0.573. The Morgan fingerprint density at radius 1 is 1.00 bits per heavy atom. The molecule has 5 fully saturated rings. The van der Waals surface area contributed by atoms with E-state index in [1.54, 1.807) is 0 Å². The lowest BCUT2D eigenvalue weighted by atomic mass is 9.43. The molecule has 5 saturated carbocycles. The van der Waals surface area contributed by atoms with Gasteiger partial charge in [-0.15, -0.1) is 0 Å². The van der Waals surface area contributed by atoms with E-state index in [4.69, 9.17) is 5.11 Å². The Bertz CT molecular complexity index is 1080. The fraction of sp³-hybridized carbons (Fsp3) is 0.690. The van der Waals surface area contributed by atoms with Crippen LogP contribution in [0.5, 0.6) is 0 Å². The first-order valence-electron chi connectivity index (χ1n) is 14.1. The fourth-order valence-electron chi connectivity index (χ4n) is 8.83. The van der Waals surface area contributed by atoms with Crippen LogP contribution in [-0.4, -0.2) is 47.7 Å². The van der Waals surface area contributed by atoms with Gasteiger partial charge in [0.25, 0.3) is 5.91 Å². The predicted octanol–water partition coefficient (Wildman–Crippen LogP) is 4.09. The minimum absolute atomic E-state index is 0.0515. The zero-order chi connectivity index (χ0) is 27.1. The third-order valence-electron chi connectivity index (χ3n) is 9.33. The predicted molar refractivity (Wildman–Crippen MR) is 142 cm³/mol. The Labute approximate surface area is 223 Å². The van der Waals surface area contributed by atoms with Crippen molar-refractivity contribution in [1.82, 2.24) is 16.0 Å². The fourth-order valence-corrected chi connectivity index (χ4v) is 8.83. The van der Waals surface area contributed by atoms with Gasteiger partial charge in [-0.2, -0.15) is 0 Å². The number of aliphatic hydroxyl groups is 1. The van der Waals surface area contributed by atoms with E-state index in [-0.39, 0.29) is 64.5 Å². The van der Waals surface area contributed by atoms with Crippen molar-refractivity contribution in [2.75, 3.05) is 18.5 Å².